The molecular formula is C19H18ClFN4O2. The third kappa shape index (κ3) is 4.29. The van der Waals surface area contributed by atoms with Crippen molar-refractivity contribution >= 4 is 23.5 Å². The molecule has 1 heterocycles. The first-order valence-corrected chi connectivity index (χ1v) is 8.98. The lowest BCUT2D eigenvalue weighted by Crippen LogP contribution is -2.41. The molecule has 0 saturated heterocycles. The van der Waals surface area contributed by atoms with Gasteiger partial charge in [-0.05, 0) is 31.2 Å². The molecular weight excluding hydrogens is 371 g/mol. The van der Waals surface area contributed by atoms with Crippen LogP contribution < -0.4 is 10.6 Å². The Balaban J connectivity index is 1.92. The number of aromatic nitrogens is 1. The number of nitrogens with one attached hydrogen (secondary N) is 2. The minimum Gasteiger partial charge on any atom is -0.465 e. The number of anilines is 1. The minimum atomic E-state index is -1.07. The molecule has 1 aliphatic carbocycles. The molecule has 0 bridgehead atoms. The van der Waals surface area contributed by atoms with Gasteiger partial charge in [0.25, 0.3) is 0 Å². The number of hydrogen-bond donors (Lipinski definition) is 3. The molecule has 2 aromatic rings. The van der Waals surface area contributed by atoms with Crippen molar-refractivity contribution in [2.45, 2.75) is 37.8 Å². The quantitative estimate of drug-likeness (QED) is 0.674. The van der Waals surface area contributed by atoms with E-state index in [-0.39, 0.29) is 34.2 Å². The number of nitriles is 1. The maximum absolute atomic E-state index is 15.2. The van der Waals surface area contributed by atoms with Crippen LogP contribution in [0.1, 0.15) is 31.2 Å². The molecule has 1 saturated carbocycles. The lowest BCUT2D eigenvalue weighted by molar-refractivity contribution is 0.185. The molecule has 1 aliphatic rings. The zero-order valence-electron chi connectivity index (χ0n) is 14.4. The summed E-state index contributed by atoms with van der Waals surface area (Å²) in [6, 6.07) is 10.3. The van der Waals surface area contributed by atoms with Crippen LogP contribution in [0, 0.1) is 17.1 Å². The summed E-state index contributed by atoms with van der Waals surface area (Å²) in [5.74, 6) is -0.672. The first-order valence-electron chi connectivity index (χ1n) is 8.60. The van der Waals surface area contributed by atoms with Crippen LogP contribution in [0.25, 0.3) is 11.1 Å². The van der Waals surface area contributed by atoms with E-state index in [2.05, 4.69) is 15.6 Å². The molecule has 0 aliphatic heterocycles. The molecule has 27 heavy (non-hydrogen) atoms. The molecule has 8 heteroatoms. The SMILES string of the molecule is N#Cc1c(Cl)nc(NC2CCCC(NC(=O)O)C2)c(F)c1-c1ccccc1. The van der Waals surface area contributed by atoms with Crippen molar-refractivity contribution in [1.82, 2.24) is 10.3 Å². The Kier molecular flexibility index (Phi) is 5.77. The number of pyridine rings is 1. The van der Waals surface area contributed by atoms with Gasteiger partial charge in [0, 0.05) is 17.6 Å². The second-order valence-corrected chi connectivity index (χ2v) is 6.81. The van der Waals surface area contributed by atoms with Crippen molar-refractivity contribution in [1.29, 1.82) is 5.26 Å². The third-order valence-corrected chi connectivity index (χ3v) is 4.88. The average Bonchev–Trinajstić information content (AvgIpc) is 2.64. The third-order valence-electron chi connectivity index (χ3n) is 4.61. The Morgan fingerprint density at radius 3 is 2.67 bits per heavy atom. The van der Waals surface area contributed by atoms with Crippen LogP contribution in [0.4, 0.5) is 15.0 Å². The summed E-state index contributed by atoms with van der Waals surface area (Å²) in [7, 11) is 0. The molecule has 6 nitrogen and oxygen atoms in total. The highest BCUT2D eigenvalue weighted by Gasteiger charge is 2.26. The molecule has 1 fully saturated rings. The molecule has 0 spiro atoms. The second kappa shape index (κ2) is 8.23. The number of amides is 1. The molecule has 1 aromatic carbocycles. The molecule has 2 atom stereocenters. The van der Waals surface area contributed by atoms with Gasteiger partial charge < -0.3 is 15.7 Å². The van der Waals surface area contributed by atoms with Gasteiger partial charge in [0.15, 0.2) is 11.6 Å². The summed E-state index contributed by atoms with van der Waals surface area (Å²) in [5.41, 5.74) is 0.629. The molecule has 2 unspecified atom stereocenters. The van der Waals surface area contributed by atoms with E-state index in [0.717, 1.165) is 19.3 Å². The summed E-state index contributed by atoms with van der Waals surface area (Å²) in [6.07, 6.45) is 1.75. The van der Waals surface area contributed by atoms with Crippen molar-refractivity contribution in [3.05, 3.63) is 46.9 Å². The predicted molar refractivity (Wildman–Crippen MR) is 100 cm³/mol. The number of halogens is 2. The molecule has 3 rings (SSSR count). The summed E-state index contributed by atoms with van der Waals surface area (Å²) < 4.78 is 15.2. The Hall–Kier alpha value is -2.85. The smallest absolute Gasteiger partial charge is 0.404 e. The fourth-order valence-electron chi connectivity index (χ4n) is 3.43. The van der Waals surface area contributed by atoms with Crippen LogP contribution in [0.15, 0.2) is 30.3 Å². The van der Waals surface area contributed by atoms with Crippen molar-refractivity contribution < 1.29 is 14.3 Å². The number of nitrogens with zero attached hydrogens (tertiary/aromatic N) is 2. The topological polar surface area (TPSA) is 98.0 Å². The van der Waals surface area contributed by atoms with Crippen LogP contribution >= 0.6 is 11.6 Å². The summed E-state index contributed by atoms with van der Waals surface area (Å²) >= 11 is 6.14. The van der Waals surface area contributed by atoms with Gasteiger partial charge in [-0.15, -0.1) is 0 Å². The van der Waals surface area contributed by atoms with E-state index in [1.807, 2.05) is 6.07 Å². The predicted octanol–water partition coefficient (Wildman–Crippen LogP) is 4.40. The van der Waals surface area contributed by atoms with Crippen molar-refractivity contribution in [2.24, 2.45) is 0 Å². The highest BCUT2D eigenvalue weighted by Crippen LogP contribution is 2.34. The first kappa shape index (κ1) is 18.9. The second-order valence-electron chi connectivity index (χ2n) is 6.45. The lowest BCUT2D eigenvalue weighted by atomic mass is 9.91. The number of rotatable bonds is 4. The van der Waals surface area contributed by atoms with Crippen LogP contribution in [-0.2, 0) is 0 Å². The summed E-state index contributed by atoms with van der Waals surface area (Å²) in [6.45, 7) is 0. The normalized spacial score (nSPS) is 19.1. The van der Waals surface area contributed by atoms with Gasteiger partial charge in [0.1, 0.15) is 16.8 Å². The Bertz CT molecular complexity index is 886. The van der Waals surface area contributed by atoms with Crippen molar-refractivity contribution in [2.75, 3.05) is 5.32 Å². The fraction of sp³-hybridized carbons (Fsp3) is 0.316. The number of carbonyl (C=O) groups is 1. The maximum Gasteiger partial charge on any atom is 0.404 e. The number of hydrogen-bond acceptors (Lipinski definition) is 4. The fourth-order valence-corrected chi connectivity index (χ4v) is 3.65. The van der Waals surface area contributed by atoms with Gasteiger partial charge in [0.2, 0.25) is 0 Å². The van der Waals surface area contributed by atoms with Gasteiger partial charge in [-0.1, -0.05) is 41.9 Å². The highest BCUT2D eigenvalue weighted by molar-refractivity contribution is 6.31. The Morgan fingerprint density at radius 1 is 1.30 bits per heavy atom. The van der Waals surface area contributed by atoms with E-state index in [1.54, 1.807) is 30.3 Å². The Labute approximate surface area is 161 Å². The van der Waals surface area contributed by atoms with Gasteiger partial charge in [-0.25, -0.2) is 14.2 Å². The first-order chi connectivity index (χ1) is 13.0. The molecule has 1 amide bonds. The van der Waals surface area contributed by atoms with Crippen LogP contribution in [0.5, 0.6) is 0 Å². The van der Waals surface area contributed by atoms with Gasteiger partial charge in [0.05, 0.1) is 0 Å². The van der Waals surface area contributed by atoms with Crippen molar-refractivity contribution in [3.63, 3.8) is 0 Å². The van der Waals surface area contributed by atoms with E-state index < -0.39 is 11.9 Å². The van der Waals surface area contributed by atoms with E-state index in [0.29, 0.717) is 12.0 Å². The molecule has 0 radical (unpaired) electrons. The van der Waals surface area contributed by atoms with Gasteiger partial charge >= 0.3 is 6.09 Å². The molecule has 1 aromatic heterocycles. The monoisotopic (exact) mass is 388 g/mol. The van der Waals surface area contributed by atoms with Crippen LogP contribution in [0.3, 0.4) is 0 Å². The maximum atomic E-state index is 15.2. The van der Waals surface area contributed by atoms with Crippen LogP contribution in [0.2, 0.25) is 5.15 Å². The van der Waals surface area contributed by atoms with Gasteiger partial charge in [-0.3, -0.25) is 0 Å². The zero-order valence-corrected chi connectivity index (χ0v) is 15.1. The van der Waals surface area contributed by atoms with E-state index >= 15 is 4.39 Å². The minimum absolute atomic E-state index is 0.0139. The lowest BCUT2D eigenvalue weighted by Gasteiger charge is -2.30. The zero-order chi connectivity index (χ0) is 19.4. The molecule has 140 valence electrons. The highest BCUT2D eigenvalue weighted by atomic mass is 35.5. The number of carboxylic acid groups (broad SMARTS) is 1. The number of benzene rings is 1. The Morgan fingerprint density at radius 2 is 2.00 bits per heavy atom. The van der Waals surface area contributed by atoms with E-state index in [4.69, 9.17) is 16.7 Å². The largest absolute Gasteiger partial charge is 0.465 e. The summed E-state index contributed by atoms with van der Waals surface area (Å²) in [4.78, 5) is 14.9. The van der Waals surface area contributed by atoms with Crippen LogP contribution in [-0.4, -0.2) is 28.3 Å². The summed E-state index contributed by atoms with van der Waals surface area (Å²) in [5, 5.41) is 23.7. The van der Waals surface area contributed by atoms with E-state index in [9.17, 15) is 10.1 Å². The van der Waals surface area contributed by atoms with Gasteiger partial charge in [-0.2, -0.15) is 5.26 Å². The average molecular weight is 389 g/mol. The van der Waals surface area contributed by atoms with Crippen molar-refractivity contribution in [3.8, 4) is 17.2 Å². The van der Waals surface area contributed by atoms with E-state index in [1.165, 1.54) is 0 Å². The molecule has 3 N–H and O–H groups in total. The standard InChI is InChI=1S/C19H18ClFN4O2/c20-17-14(10-22)15(11-5-2-1-3-6-11)16(21)18(25-17)23-12-7-4-8-13(9-12)24-19(26)27/h1-3,5-6,12-13,24H,4,7-9H2,(H,23,25)(H,26,27).